The third-order valence-electron chi connectivity index (χ3n) is 3.60. The zero-order chi connectivity index (χ0) is 15.9. The smallest absolute Gasteiger partial charge is 0.249 e. The fourth-order valence-electron chi connectivity index (χ4n) is 2.35. The van der Waals surface area contributed by atoms with Crippen LogP contribution in [-0.4, -0.2) is 24.5 Å². The van der Waals surface area contributed by atoms with Crippen molar-refractivity contribution < 1.29 is 13.9 Å². The van der Waals surface area contributed by atoms with Crippen molar-refractivity contribution in [2.45, 2.75) is 19.5 Å². The van der Waals surface area contributed by atoms with E-state index in [-0.39, 0.29) is 24.4 Å². The topological polar surface area (TPSA) is 29.5 Å². The molecule has 2 aromatic carbocycles. The molecule has 116 valence electrons. The van der Waals surface area contributed by atoms with E-state index in [0.717, 1.165) is 11.1 Å². The fraction of sp³-hybridized carbons (Fsp3) is 0.278. The summed E-state index contributed by atoms with van der Waals surface area (Å²) in [5, 5.41) is 0. The van der Waals surface area contributed by atoms with Gasteiger partial charge in [-0.1, -0.05) is 42.5 Å². The molecule has 0 heterocycles. The summed E-state index contributed by atoms with van der Waals surface area (Å²) in [6.07, 6.45) is 0. The molecule has 0 aliphatic rings. The third kappa shape index (κ3) is 4.15. The lowest BCUT2D eigenvalue weighted by molar-refractivity contribution is -0.138. The first-order chi connectivity index (χ1) is 10.6. The van der Waals surface area contributed by atoms with Gasteiger partial charge in [-0.3, -0.25) is 4.79 Å². The lowest BCUT2D eigenvalue weighted by Gasteiger charge is -2.29. The second-order valence-corrected chi connectivity index (χ2v) is 5.17. The zero-order valence-electron chi connectivity index (χ0n) is 12.8. The first kappa shape index (κ1) is 16.2. The molecule has 0 aromatic heterocycles. The Morgan fingerprint density at radius 2 is 1.77 bits per heavy atom. The number of nitrogens with zero attached hydrogens (tertiary/aromatic N) is 1. The number of benzene rings is 2. The van der Waals surface area contributed by atoms with E-state index in [1.807, 2.05) is 37.3 Å². The van der Waals surface area contributed by atoms with Crippen molar-refractivity contribution in [1.82, 2.24) is 4.90 Å². The molecule has 0 fully saturated rings. The number of methoxy groups -OCH3 is 1. The summed E-state index contributed by atoms with van der Waals surface area (Å²) in [6.45, 7) is 2.42. The second kappa shape index (κ2) is 7.71. The average molecular weight is 301 g/mol. The van der Waals surface area contributed by atoms with Crippen LogP contribution >= 0.6 is 0 Å². The van der Waals surface area contributed by atoms with Crippen LogP contribution in [0.25, 0.3) is 0 Å². The van der Waals surface area contributed by atoms with Crippen LogP contribution in [0.3, 0.4) is 0 Å². The predicted molar refractivity (Wildman–Crippen MR) is 83.7 cm³/mol. The minimum Gasteiger partial charge on any atom is -0.375 e. The van der Waals surface area contributed by atoms with Crippen LogP contribution in [0.2, 0.25) is 0 Å². The summed E-state index contributed by atoms with van der Waals surface area (Å²) in [4.78, 5) is 14.1. The van der Waals surface area contributed by atoms with Crippen LogP contribution in [-0.2, 0) is 16.1 Å². The zero-order valence-corrected chi connectivity index (χ0v) is 12.8. The van der Waals surface area contributed by atoms with Gasteiger partial charge < -0.3 is 9.64 Å². The molecule has 22 heavy (non-hydrogen) atoms. The van der Waals surface area contributed by atoms with E-state index >= 15 is 0 Å². The first-order valence-corrected chi connectivity index (χ1v) is 7.19. The van der Waals surface area contributed by atoms with Crippen LogP contribution in [0.4, 0.5) is 4.39 Å². The molecule has 3 nitrogen and oxygen atoms in total. The molecule has 0 saturated carbocycles. The number of hydrogen-bond donors (Lipinski definition) is 0. The van der Waals surface area contributed by atoms with E-state index in [9.17, 15) is 9.18 Å². The van der Waals surface area contributed by atoms with Crippen molar-refractivity contribution in [2.75, 3.05) is 13.7 Å². The fourth-order valence-corrected chi connectivity index (χ4v) is 2.35. The van der Waals surface area contributed by atoms with Crippen LogP contribution in [0.1, 0.15) is 24.1 Å². The molecule has 1 amide bonds. The molecule has 0 spiro atoms. The van der Waals surface area contributed by atoms with Gasteiger partial charge in [0.2, 0.25) is 5.91 Å². The number of amides is 1. The van der Waals surface area contributed by atoms with Crippen LogP contribution in [0.15, 0.2) is 54.6 Å². The highest BCUT2D eigenvalue weighted by molar-refractivity contribution is 5.78. The van der Waals surface area contributed by atoms with Crippen molar-refractivity contribution in [3.05, 3.63) is 71.5 Å². The van der Waals surface area contributed by atoms with Crippen LogP contribution in [0.5, 0.6) is 0 Å². The maximum atomic E-state index is 13.0. The van der Waals surface area contributed by atoms with Gasteiger partial charge in [0.1, 0.15) is 12.4 Å². The van der Waals surface area contributed by atoms with E-state index in [1.165, 1.54) is 19.2 Å². The van der Waals surface area contributed by atoms with Gasteiger partial charge in [-0.05, 0) is 30.2 Å². The lowest BCUT2D eigenvalue weighted by Crippen LogP contribution is -2.35. The molecule has 0 unspecified atom stereocenters. The van der Waals surface area contributed by atoms with Crippen LogP contribution in [0, 0.1) is 5.82 Å². The molecule has 0 saturated heterocycles. The van der Waals surface area contributed by atoms with Gasteiger partial charge in [0.05, 0.1) is 6.04 Å². The summed E-state index contributed by atoms with van der Waals surface area (Å²) in [6, 6.07) is 15.9. The molecular weight excluding hydrogens is 281 g/mol. The maximum Gasteiger partial charge on any atom is 0.249 e. The Morgan fingerprint density at radius 1 is 1.14 bits per heavy atom. The number of halogens is 1. The van der Waals surface area contributed by atoms with Crippen molar-refractivity contribution in [2.24, 2.45) is 0 Å². The Balaban J connectivity index is 2.22. The third-order valence-corrected chi connectivity index (χ3v) is 3.60. The molecule has 2 aromatic rings. The summed E-state index contributed by atoms with van der Waals surface area (Å²) < 4.78 is 18.0. The molecular formula is C18H20FNO2. The second-order valence-electron chi connectivity index (χ2n) is 5.17. The molecule has 1 atom stereocenters. The first-order valence-electron chi connectivity index (χ1n) is 7.19. The summed E-state index contributed by atoms with van der Waals surface area (Å²) in [5.74, 6) is -0.377. The van der Waals surface area contributed by atoms with Gasteiger partial charge in [-0.25, -0.2) is 4.39 Å². The highest BCUT2D eigenvalue weighted by Crippen LogP contribution is 2.22. The van der Waals surface area contributed by atoms with E-state index < -0.39 is 0 Å². The van der Waals surface area contributed by atoms with Crippen molar-refractivity contribution in [3.8, 4) is 0 Å². The van der Waals surface area contributed by atoms with E-state index in [1.54, 1.807) is 17.0 Å². The largest absolute Gasteiger partial charge is 0.375 e. The van der Waals surface area contributed by atoms with Gasteiger partial charge in [0, 0.05) is 13.7 Å². The molecule has 4 heteroatoms. The Bertz CT molecular complexity index is 598. The monoisotopic (exact) mass is 301 g/mol. The predicted octanol–water partition coefficient (Wildman–Crippen LogP) is 3.56. The van der Waals surface area contributed by atoms with Gasteiger partial charge >= 0.3 is 0 Å². The summed E-state index contributed by atoms with van der Waals surface area (Å²) in [5.41, 5.74) is 1.93. The van der Waals surface area contributed by atoms with Gasteiger partial charge in [0.15, 0.2) is 0 Å². The highest BCUT2D eigenvalue weighted by atomic mass is 19.1. The molecule has 0 aliphatic carbocycles. The van der Waals surface area contributed by atoms with E-state index in [4.69, 9.17) is 4.74 Å². The minimum atomic E-state index is -0.283. The quantitative estimate of drug-likeness (QED) is 0.816. The molecule has 0 bridgehead atoms. The van der Waals surface area contributed by atoms with Gasteiger partial charge in [0.25, 0.3) is 0 Å². The van der Waals surface area contributed by atoms with Crippen molar-refractivity contribution in [1.29, 1.82) is 0 Å². The number of carbonyl (C=O) groups is 1. The van der Waals surface area contributed by atoms with Gasteiger partial charge in [-0.15, -0.1) is 0 Å². The number of rotatable bonds is 6. The highest BCUT2D eigenvalue weighted by Gasteiger charge is 2.21. The molecule has 0 N–H and O–H groups in total. The lowest BCUT2D eigenvalue weighted by atomic mass is 10.1. The average Bonchev–Trinajstić information content (AvgIpc) is 2.54. The Kier molecular flexibility index (Phi) is 5.67. The van der Waals surface area contributed by atoms with E-state index in [2.05, 4.69) is 0 Å². The minimum absolute atomic E-state index is 0.0262. The number of carbonyl (C=O) groups excluding carboxylic acids is 1. The normalized spacial score (nSPS) is 12.0. The van der Waals surface area contributed by atoms with Gasteiger partial charge in [-0.2, -0.15) is 0 Å². The van der Waals surface area contributed by atoms with Crippen LogP contribution < -0.4 is 0 Å². The Labute approximate surface area is 130 Å². The molecule has 2 rings (SSSR count). The number of hydrogen-bond acceptors (Lipinski definition) is 2. The molecule has 0 radical (unpaired) electrons. The van der Waals surface area contributed by atoms with Crippen molar-refractivity contribution in [3.63, 3.8) is 0 Å². The summed E-state index contributed by atoms with van der Waals surface area (Å²) in [7, 11) is 1.50. The standard InChI is InChI=1S/C18H20FNO2/c1-14(16-6-4-3-5-7-16)20(18(21)13-22-2)12-15-8-10-17(19)11-9-15/h3-11,14H,12-13H2,1-2H3/t14-/m0/s1. The molecule has 0 aliphatic heterocycles. The number of ether oxygens (including phenoxy) is 1. The van der Waals surface area contributed by atoms with Crippen molar-refractivity contribution >= 4 is 5.91 Å². The summed E-state index contributed by atoms with van der Waals surface area (Å²) >= 11 is 0. The Hall–Kier alpha value is -2.20. The maximum absolute atomic E-state index is 13.0. The SMILES string of the molecule is COCC(=O)N(Cc1ccc(F)cc1)[C@@H](C)c1ccccc1. The Morgan fingerprint density at radius 3 is 2.36 bits per heavy atom. The van der Waals surface area contributed by atoms with E-state index in [0.29, 0.717) is 6.54 Å².